The Morgan fingerprint density at radius 3 is 2.31 bits per heavy atom. The molecule has 0 saturated heterocycles. The Morgan fingerprint density at radius 1 is 0.969 bits per heavy atom. The highest BCUT2D eigenvalue weighted by molar-refractivity contribution is 6.01. The molecule has 7 nitrogen and oxygen atoms in total. The topological polar surface area (TPSA) is 94.2 Å². The number of carbonyl (C=O) groups is 2. The van der Waals surface area contributed by atoms with Gasteiger partial charge < -0.3 is 9.67 Å². The Balaban J connectivity index is 1.64. The lowest BCUT2D eigenvalue weighted by Gasteiger charge is -2.11. The van der Waals surface area contributed by atoms with Gasteiger partial charge in [-0.15, -0.1) is 0 Å². The van der Waals surface area contributed by atoms with Gasteiger partial charge in [-0.2, -0.15) is 5.10 Å². The van der Waals surface area contributed by atoms with Crippen molar-refractivity contribution >= 4 is 22.5 Å². The first kappa shape index (κ1) is 21.2. The first-order valence-electron chi connectivity index (χ1n) is 10.3. The Kier molecular flexibility index (Phi) is 5.73. The van der Waals surface area contributed by atoms with Gasteiger partial charge in [-0.25, -0.2) is 9.48 Å². The van der Waals surface area contributed by atoms with Gasteiger partial charge in [0.2, 0.25) is 0 Å². The molecule has 0 aliphatic carbocycles. The molecule has 0 spiro atoms. The van der Waals surface area contributed by atoms with Gasteiger partial charge in [0, 0.05) is 28.9 Å². The number of rotatable bonds is 7. The van der Waals surface area contributed by atoms with Crippen molar-refractivity contribution in [1.82, 2.24) is 14.3 Å². The van der Waals surface area contributed by atoms with Crippen molar-refractivity contribution < 1.29 is 14.7 Å². The number of aromatic nitrogens is 3. The molecule has 0 radical (unpaired) electrons. The average molecular weight is 429 g/mol. The molecular weight excluding hydrogens is 406 g/mol. The molecule has 2 aromatic carbocycles. The van der Waals surface area contributed by atoms with Crippen molar-refractivity contribution in [2.24, 2.45) is 0 Å². The van der Waals surface area contributed by atoms with E-state index in [1.807, 2.05) is 38.1 Å². The molecule has 4 aromatic rings. The molecule has 4 rings (SSSR count). The van der Waals surface area contributed by atoms with Crippen molar-refractivity contribution in [3.63, 3.8) is 0 Å². The zero-order chi connectivity index (χ0) is 22.8. The number of aryl methyl sites for hydroxylation is 2. The number of hydrogen-bond acceptors (Lipinski definition) is 4. The van der Waals surface area contributed by atoms with Crippen molar-refractivity contribution in [2.75, 3.05) is 0 Å². The van der Waals surface area contributed by atoms with Crippen LogP contribution in [-0.4, -0.2) is 31.2 Å². The van der Waals surface area contributed by atoms with E-state index in [0.29, 0.717) is 5.56 Å². The quantitative estimate of drug-likeness (QED) is 0.453. The predicted octanol–water partition coefficient (Wildman–Crippen LogP) is 3.64. The Morgan fingerprint density at radius 2 is 1.62 bits per heavy atom. The van der Waals surface area contributed by atoms with Crippen molar-refractivity contribution in [3.8, 4) is 0 Å². The Bertz CT molecular complexity index is 1380. The van der Waals surface area contributed by atoms with Crippen LogP contribution in [0.2, 0.25) is 0 Å². The Hall–Kier alpha value is -4.00. The summed E-state index contributed by atoms with van der Waals surface area (Å²) >= 11 is 0. The number of benzene rings is 2. The smallest absolute Gasteiger partial charge is 0.357 e. The minimum absolute atomic E-state index is 0.223. The van der Waals surface area contributed by atoms with E-state index in [1.54, 1.807) is 24.3 Å². The number of carbonyl (C=O) groups excluding carboxylic acids is 1. The summed E-state index contributed by atoms with van der Waals surface area (Å²) < 4.78 is 3.03. The predicted molar refractivity (Wildman–Crippen MR) is 121 cm³/mol. The largest absolute Gasteiger partial charge is 0.476 e. The summed E-state index contributed by atoms with van der Waals surface area (Å²) in [4.78, 5) is 37.6. The van der Waals surface area contributed by atoms with Crippen LogP contribution in [0.5, 0.6) is 0 Å². The van der Waals surface area contributed by atoms with Gasteiger partial charge in [-0.05, 0) is 38.0 Å². The highest BCUT2D eigenvalue weighted by Crippen LogP contribution is 2.18. The molecule has 0 saturated carbocycles. The lowest BCUT2D eigenvalue weighted by molar-refractivity contribution is 0.0688. The highest BCUT2D eigenvalue weighted by atomic mass is 16.4. The number of Topliss-reactive ketones (excluding diaryl/α,β-unsaturated/α-hetero) is 1. The molecular formula is C25H23N3O4. The zero-order valence-electron chi connectivity index (χ0n) is 17.9. The zero-order valence-corrected chi connectivity index (χ0v) is 17.9. The van der Waals surface area contributed by atoms with E-state index >= 15 is 0 Å². The van der Waals surface area contributed by atoms with Crippen LogP contribution in [0.3, 0.4) is 0 Å². The number of ketones is 1. The van der Waals surface area contributed by atoms with Crippen LogP contribution in [0, 0.1) is 13.8 Å². The second-order valence-electron chi connectivity index (χ2n) is 7.76. The SMILES string of the molecule is Cc1cc(C(=O)Cn2nc(C(=O)O)c3ccccc3c2=O)c(C)n1CCc1ccccc1. The molecule has 0 aliphatic rings. The molecule has 0 unspecified atom stereocenters. The third-order valence-corrected chi connectivity index (χ3v) is 5.70. The lowest BCUT2D eigenvalue weighted by atomic mass is 10.1. The molecule has 0 fully saturated rings. The van der Waals surface area contributed by atoms with E-state index in [2.05, 4.69) is 21.8 Å². The van der Waals surface area contributed by atoms with E-state index in [4.69, 9.17) is 0 Å². The number of hydrogen-bond donors (Lipinski definition) is 1. The molecule has 0 aliphatic heterocycles. The van der Waals surface area contributed by atoms with Crippen molar-refractivity contribution in [3.05, 3.63) is 99.2 Å². The third-order valence-electron chi connectivity index (χ3n) is 5.70. The maximum atomic E-state index is 13.1. The van der Waals surface area contributed by atoms with Crippen LogP contribution in [0.1, 0.15) is 37.8 Å². The second kappa shape index (κ2) is 8.63. The molecule has 0 amide bonds. The van der Waals surface area contributed by atoms with Gasteiger partial charge in [-0.3, -0.25) is 9.59 Å². The van der Waals surface area contributed by atoms with E-state index in [-0.39, 0.29) is 28.8 Å². The fourth-order valence-corrected chi connectivity index (χ4v) is 4.03. The summed E-state index contributed by atoms with van der Waals surface area (Å²) in [5, 5.41) is 14.0. The highest BCUT2D eigenvalue weighted by Gasteiger charge is 2.20. The molecule has 0 bridgehead atoms. The van der Waals surface area contributed by atoms with Gasteiger partial charge in [-0.1, -0.05) is 48.5 Å². The molecule has 0 atom stereocenters. The molecule has 7 heteroatoms. The number of carboxylic acid groups (broad SMARTS) is 1. The first-order chi connectivity index (χ1) is 15.4. The molecule has 1 N–H and O–H groups in total. The van der Waals surface area contributed by atoms with Crippen LogP contribution >= 0.6 is 0 Å². The summed E-state index contributed by atoms with van der Waals surface area (Å²) in [6.45, 7) is 4.22. The standard InChI is InChI=1S/C25H23N3O4/c1-16-14-21(17(2)27(16)13-12-18-8-4-3-5-9-18)22(29)15-28-24(30)20-11-7-6-10-19(20)23(26-28)25(31)32/h3-11,14H,12-13,15H2,1-2H3,(H,31,32). The summed E-state index contributed by atoms with van der Waals surface area (Å²) in [6, 6.07) is 18.3. The van der Waals surface area contributed by atoms with Crippen LogP contribution in [0.25, 0.3) is 10.8 Å². The maximum Gasteiger partial charge on any atom is 0.357 e. The van der Waals surface area contributed by atoms with Gasteiger partial charge in [0.05, 0.1) is 5.39 Å². The van der Waals surface area contributed by atoms with Crippen molar-refractivity contribution in [1.29, 1.82) is 0 Å². The van der Waals surface area contributed by atoms with E-state index < -0.39 is 11.5 Å². The van der Waals surface area contributed by atoms with Gasteiger partial charge in [0.1, 0.15) is 6.54 Å². The molecule has 2 aromatic heterocycles. The fourth-order valence-electron chi connectivity index (χ4n) is 4.03. The van der Waals surface area contributed by atoms with E-state index in [1.165, 1.54) is 5.56 Å². The minimum Gasteiger partial charge on any atom is -0.476 e. The summed E-state index contributed by atoms with van der Waals surface area (Å²) in [5.74, 6) is -1.54. The third kappa shape index (κ3) is 3.97. The summed E-state index contributed by atoms with van der Waals surface area (Å²) in [7, 11) is 0. The van der Waals surface area contributed by atoms with Gasteiger partial charge in [0.25, 0.3) is 5.56 Å². The van der Waals surface area contributed by atoms with Crippen LogP contribution in [-0.2, 0) is 19.5 Å². The summed E-state index contributed by atoms with van der Waals surface area (Å²) in [5.41, 5.74) is 2.75. The monoisotopic (exact) mass is 429 g/mol. The normalized spacial score (nSPS) is 11.1. The van der Waals surface area contributed by atoms with Gasteiger partial charge in [0.15, 0.2) is 11.5 Å². The molecule has 162 valence electrons. The van der Waals surface area contributed by atoms with E-state index in [9.17, 15) is 19.5 Å². The average Bonchev–Trinajstić information content (AvgIpc) is 3.08. The number of fused-ring (bicyclic) bond motifs is 1. The van der Waals surface area contributed by atoms with Crippen molar-refractivity contribution in [2.45, 2.75) is 33.4 Å². The first-order valence-corrected chi connectivity index (χ1v) is 10.3. The maximum absolute atomic E-state index is 13.1. The number of nitrogens with zero attached hydrogens (tertiary/aromatic N) is 3. The van der Waals surface area contributed by atoms with Crippen LogP contribution in [0.4, 0.5) is 0 Å². The summed E-state index contributed by atoms with van der Waals surface area (Å²) in [6.07, 6.45) is 0.832. The fraction of sp³-hybridized carbons (Fsp3) is 0.200. The second-order valence-corrected chi connectivity index (χ2v) is 7.76. The molecule has 32 heavy (non-hydrogen) atoms. The number of aromatic carboxylic acids is 1. The van der Waals surface area contributed by atoms with Gasteiger partial charge >= 0.3 is 5.97 Å². The van der Waals surface area contributed by atoms with Crippen LogP contribution in [0.15, 0.2) is 65.5 Å². The lowest BCUT2D eigenvalue weighted by Crippen LogP contribution is -2.29. The number of carboxylic acids is 1. The Labute approximate surface area is 184 Å². The van der Waals surface area contributed by atoms with E-state index in [0.717, 1.165) is 29.0 Å². The molecule has 2 heterocycles. The minimum atomic E-state index is -1.25. The van der Waals surface area contributed by atoms with Crippen LogP contribution < -0.4 is 5.56 Å².